The summed E-state index contributed by atoms with van der Waals surface area (Å²) in [5.41, 5.74) is 0.343. The molecular formula is C13H8F3O2S-. The van der Waals surface area contributed by atoms with Gasteiger partial charge in [-0.25, -0.2) is 0 Å². The van der Waals surface area contributed by atoms with Crippen LogP contribution in [0.5, 0.6) is 0 Å². The van der Waals surface area contributed by atoms with Crippen LogP contribution in [0.2, 0.25) is 0 Å². The molecule has 0 N–H and O–H groups in total. The van der Waals surface area contributed by atoms with E-state index in [0.29, 0.717) is 11.1 Å². The summed E-state index contributed by atoms with van der Waals surface area (Å²) in [5.74, 6) is 0. The fraction of sp³-hybridized carbons (Fsp3) is 0.0769. The highest BCUT2D eigenvalue weighted by Gasteiger charge is 2.29. The van der Waals surface area contributed by atoms with E-state index in [9.17, 15) is 21.9 Å². The maximum absolute atomic E-state index is 12.4. The topological polar surface area (TPSA) is 40.1 Å². The monoisotopic (exact) mass is 285 g/mol. The van der Waals surface area contributed by atoms with E-state index in [-0.39, 0.29) is 4.90 Å². The minimum atomic E-state index is -4.38. The third-order valence-corrected chi connectivity index (χ3v) is 3.21. The van der Waals surface area contributed by atoms with Crippen LogP contribution in [0.4, 0.5) is 13.2 Å². The Morgan fingerprint density at radius 2 is 1.58 bits per heavy atom. The van der Waals surface area contributed by atoms with Crippen molar-refractivity contribution in [2.45, 2.75) is 11.1 Å². The van der Waals surface area contributed by atoms with Crippen molar-refractivity contribution in [2.75, 3.05) is 0 Å². The quantitative estimate of drug-likeness (QED) is 0.791. The fourth-order valence-electron chi connectivity index (χ4n) is 1.63. The Morgan fingerprint density at radius 3 is 2.11 bits per heavy atom. The lowest BCUT2D eigenvalue weighted by atomic mass is 10.0. The van der Waals surface area contributed by atoms with E-state index < -0.39 is 22.8 Å². The number of halogens is 3. The van der Waals surface area contributed by atoms with Crippen LogP contribution in [0.15, 0.2) is 53.4 Å². The number of hydrogen-bond acceptors (Lipinski definition) is 2. The summed E-state index contributed by atoms with van der Waals surface area (Å²) in [5, 5.41) is 0. The molecule has 2 nitrogen and oxygen atoms in total. The van der Waals surface area contributed by atoms with Crippen molar-refractivity contribution < 1.29 is 21.9 Å². The summed E-state index contributed by atoms with van der Waals surface area (Å²) in [6.07, 6.45) is -4.38. The van der Waals surface area contributed by atoms with Gasteiger partial charge in [0, 0.05) is 4.90 Å². The summed E-state index contributed by atoms with van der Waals surface area (Å²) in [4.78, 5) is 0.0948. The first-order valence-corrected chi connectivity index (χ1v) is 6.32. The molecule has 0 radical (unpaired) electrons. The SMILES string of the molecule is O=S([O-])c1cccc(-c2ccc(C(F)(F)F)cc2)c1. The molecule has 0 saturated heterocycles. The zero-order valence-electron chi connectivity index (χ0n) is 9.48. The van der Waals surface area contributed by atoms with Crippen LogP contribution in [0.25, 0.3) is 11.1 Å². The van der Waals surface area contributed by atoms with E-state index in [1.165, 1.54) is 30.3 Å². The van der Waals surface area contributed by atoms with Crippen LogP contribution in [-0.2, 0) is 17.3 Å². The summed E-state index contributed by atoms with van der Waals surface area (Å²) in [6.45, 7) is 0. The number of benzene rings is 2. The minimum Gasteiger partial charge on any atom is -0.768 e. The van der Waals surface area contributed by atoms with Crippen LogP contribution in [-0.4, -0.2) is 8.76 Å². The van der Waals surface area contributed by atoms with Crippen LogP contribution < -0.4 is 0 Å². The van der Waals surface area contributed by atoms with E-state index in [0.717, 1.165) is 12.1 Å². The lowest BCUT2D eigenvalue weighted by molar-refractivity contribution is -0.137. The van der Waals surface area contributed by atoms with Gasteiger partial charge in [-0.2, -0.15) is 13.2 Å². The molecule has 0 aromatic heterocycles. The van der Waals surface area contributed by atoms with Gasteiger partial charge in [0.05, 0.1) is 5.56 Å². The molecule has 0 bridgehead atoms. The van der Waals surface area contributed by atoms with E-state index in [1.54, 1.807) is 6.07 Å². The van der Waals surface area contributed by atoms with Crippen molar-refractivity contribution in [1.29, 1.82) is 0 Å². The van der Waals surface area contributed by atoms with Crippen LogP contribution in [0, 0.1) is 0 Å². The van der Waals surface area contributed by atoms with Gasteiger partial charge in [0.2, 0.25) is 0 Å². The van der Waals surface area contributed by atoms with E-state index >= 15 is 0 Å². The van der Waals surface area contributed by atoms with Gasteiger partial charge in [0.1, 0.15) is 0 Å². The van der Waals surface area contributed by atoms with E-state index in [1.807, 2.05) is 0 Å². The minimum absolute atomic E-state index is 0.0948. The molecule has 6 heteroatoms. The Bertz CT molecular complexity index is 606. The molecule has 0 aliphatic carbocycles. The molecule has 1 atom stereocenters. The molecule has 2 rings (SSSR count). The predicted molar refractivity (Wildman–Crippen MR) is 64.1 cm³/mol. The van der Waals surface area contributed by atoms with Crippen LogP contribution in [0.3, 0.4) is 0 Å². The second-order valence-corrected chi connectivity index (χ2v) is 4.78. The highest BCUT2D eigenvalue weighted by molar-refractivity contribution is 7.79. The predicted octanol–water partition coefficient (Wildman–Crippen LogP) is 3.61. The average Bonchev–Trinajstić information content (AvgIpc) is 2.38. The first-order valence-electron chi connectivity index (χ1n) is 5.25. The van der Waals surface area contributed by atoms with Crippen molar-refractivity contribution in [2.24, 2.45) is 0 Å². The maximum Gasteiger partial charge on any atom is 0.416 e. The Kier molecular flexibility index (Phi) is 3.73. The largest absolute Gasteiger partial charge is 0.768 e. The van der Waals surface area contributed by atoms with Crippen molar-refractivity contribution in [3.63, 3.8) is 0 Å². The number of rotatable bonds is 2. The van der Waals surface area contributed by atoms with Gasteiger partial charge in [-0.1, -0.05) is 24.3 Å². The number of alkyl halides is 3. The third kappa shape index (κ3) is 3.21. The summed E-state index contributed by atoms with van der Waals surface area (Å²) in [7, 11) is 0. The van der Waals surface area contributed by atoms with Gasteiger partial charge < -0.3 is 4.55 Å². The molecule has 0 fully saturated rings. The van der Waals surface area contributed by atoms with Crippen molar-refractivity contribution in [1.82, 2.24) is 0 Å². The smallest absolute Gasteiger partial charge is 0.416 e. The molecule has 0 aliphatic heterocycles. The van der Waals surface area contributed by atoms with Crippen molar-refractivity contribution in [3.8, 4) is 11.1 Å². The van der Waals surface area contributed by atoms with Gasteiger partial charge >= 0.3 is 6.18 Å². The molecule has 100 valence electrons. The van der Waals surface area contributed by atoms with Gasteiger partial charge in [-0.05, 0) is 46.5 Å². The third-order valence-electron chi connectivity index (χ3n) is 2.57. The maximum atomic E-state index is 12.4. The molecule has 0 spiro atoms. The summed E-state index contributed by atoms with van der Waals surface area (Å²) in [6, 6.07) is 10.6. The molecule has 0 aliphatic rings. The second kappa shape index (κ2) is 5.14. The molecular weight excluding hydrogens is 277 g/mol. The molecule has 2 aromatic rings. The standard InChI is InChI=1S/C13H9F3O2S/c14-13(15,16)11-6-4-9(5-7-11)10-2-1-3-12(8-10)19(17)18/h1-8H,(H,17,18)/p-1. The Labute approximate surface area is 110 Å². The van der Waals surface area contributed by atoms with Gasteiger partial charge in [-0.15, -0.1) is 0 Å². The molecule has 19 heavy (non-hydrogen) atoms. The van der Waals surface area contributed by atoms with Gasteiger partial charge in [-0.3, -0.25) is 4.21 Å². The second-order valence-electron chi connectivity index (χ2n) is 3.84. The lowest BCUT2D eigenvalue weighted by Gasteiger charge is -2.09. The highest BCUT2D eigenvalue weighted by atomic mass is 32.2. The number of hydrogen-bond donors (Lipinski definition) is 0. The first-order chi connectivity index (χ1) is 8.88. The van der Waals surface area contributed by atoms with Gasteiger partial charge in [0.25, 0.3) is 0 Å². The fourth-order valence-corrected chi connectivity index (χ4v) is 2.04. The van der Waals surface area contributed by atoms with E-state index in [4.69, 9.17) is 0 Å². The first kappa shape index (κ1) is 13.8. The molecule has 0 heterocycles. The van der Waals surface area contributed by atoms with Crippen molar-refractivity contribution in [3.05, 3.63) is 54.1 Å². The molecule has 0 saturated carbocycles. The molecule has 1 unspecified atom stereocenters. The highest BCUT2D eigenvalue weighted by Crippen LogP contribution is 2.31. The Hall–Kier alpha value is -1.66. The van der Waals surface area contributed by atoms with Crippen LogP contribution in [0.1, 0.15) is 5.56 Å². The normalized spacial score (nSPS) is 13.3. The van der Waals surface area contributed by atoms with Crippen molar-refractivity contribution >= 4 is 11.1 Å². The zero-order valence-corrected chi connectivity index (χ0v) is 10.3. The summed E-state index contributed by atoms with van der Waals surface area (Å²) >= 11 is -2.36. The summed E-state index contributed by atoms with van der Waals surface area (Å²) < 4.78 is 58.9. The van der Waals surface area contributed by atoms with E-state index in [2.05, 4.69) is 0 Å². The Balaban J connectivity index is 2.37. The Morgan fingerprint density at radius 1 is 0.947 bits per heavy atom. The lowest BCUT2D eigenvalue weighted by Crippen LogP contribution is -2.04. The average molecular weight is 285 g/mol. The zero-order chi connectivity index (χ0) is 14.0. The van der Waals surface area contributed by atoms with Gasteiger partial charge in [0.15, 0.2) is 0 Å². The van der Waals surface area contributed by atoms with Crippen LogP contribution >= 0.6 is 0 Å². The molecule has 2 aromatic carbocycles. The molecule has 0 amide bonds.